The summed E-state index contributed by atoms with van der Waals surface area (Å²) in [5, 5.41) is 12.0. The molecule has 3 rings (SSSR count). The number of nitrogens with one attached hydrogen (secondary N) is 1. The van der Waals surface area contributed by atoms with E-state index in [1.54, 1.807) is 18.3 Å². The van der Waals surface area contributed by atoms with Gasteiger partial charge in [0, 0.05) is 23.5 Å². The molecule has 26 heavy (non-hydrogen) atoms. The van der Waals surface area contributed by atoms with E-state index in [1.165, 1.54) is 24.7 Å². The fourth-order valence-electron chi connectivity index (χ4n) is 2.33. The lowest BCUT2D eigenvalue weighted by Crippen LogP contribution is -2.39. The van der Waals surface area contributed by atoms with Crippen LogP contribution >= 0.6 is 15.9 Å². The number of aromatic nitrogens is 1. The summed E-state index contributed by atoms with van der Waals surface area (Å²) in [7, 11) is 0. The summed E-state index contributed by atoms with van der Waals surface area (Å²) in [5.41, 5.74) is 1.15. The van der Waals surface area contributed by atoms with Crippen LogP contribution < -0.4 is 5.32 Å². The largest absolute Gasteiger partial charge is 0.472 e. The monoisotopic (exact) mass is 414 g/mol. The van der Waals surface area contributed by atoms with Crippen molar-refractivity contribution in [2.45, 2.75) is 12.6 Å². The minimum absolute atomic E-state index is 0.0126. The van der Waals surface area contributed by atoms with E-state index in [4.69, 9.17) is 10.00 Å². The van der Waals surface area contributed by atoms with Crippen LogP contribution in [0.1, 0.15) is 21.5 Å². The molecule has 0 bridgehead atoms. The molecule has 6 nitrogen and oxygen atoms in total. The molecule has 1 N–H and O–H groups in total. The van der Waals surface area contributed by atoms with Crippen molar-refractivity contribution in [3.8, 4) is 6.07 Å². The first kappa shape index (κ1) is 17.8. The quantitative estimate of drug-likeness (QED) is 0.759. The zero-order valence-corrected chi connectivity index (χ0v) is 14.9. The molecule has 0 radical (unpaired) electrons. The highest BCUT2D eigenvalue weighted by molar-refractivity contribution is 9.11. The molecule has 8 heteroatoms. The predicted molar refractivity (Wildman–Crippen MR) is 95.8 cm³/mol. The van der Waals surface area contributed by atoms with Crippen LogP contribution in [0.5, 0.6) is 0 Å². The fourth-order valence-corrected chi connectivity index (χ4v) is 2.88. The summed E-state index contributed by atoms with van der Waals surface area (Å²) < 4.78 is 19.3. The maximum absolute atomic E-state index is 13.2. The van der Waals surface area contributed by atoms with Crippen LogP contribution in [0.2, 0.25) is 0 Å². The molecule has 1 aromatic heterocycles. The van der Waals surface area contributed by atoms with Gasteiger partial charge in [-0.3, -0.25) is 9.78 Å². The SMILES string of the molecule is N#Cc1cc(F)ccc1COC1=C(Br)C(C(=O)c2cccnc2)NC=N1. The van der Waals surface area contributed by atoms with Gasteiger partial charge in [-0.05, 0) is 40.2 Å². The van der Waals surface area contributed by atoms with Gasteiger partial charge in [0.15, 0.2) is 5.78 Å². The summed E-state index contributed by atoms with van der Waals surface area (Å²) in [6, 6.07) is 8.44. The number of carbonyl (C=O) groups is 1. The first-order valence-electron chi connectivity index (χ1n) is 7.54. The molecule has 1 aliphatic heterocycles. The second-order valence-electron chi connectivity index (χ2n) is 5.32. The number of rotatable bonds is 5. The number of nitriles is 1. The van der Waals surface area contributed by atoms with E-state index >= 15 is 0 Å². The summed E-state index contributed by atoms with van der Waals surface area (Å²) in [6.45, 7) is 0.0126. The smallest absolute Gasteiger partial charge is 0.228 e. The minimum Gasteiger partial charge on any atom is -0.472 e. The summed E-state index contributed by atoms with van der Waals surface area (Å²) in [6.07, 6.45) is 4.44. The van der Waals surface area contributed by atoms with Gasteiger partial charge in [-0.15, -0.1) is 0 Å². The molecule has 2 heterocycles. The van der Waals surface area contributed by atoms with E-state index in [0.29, 0.717) is 15.6 Å². The number of halogens is 2. The molecule has 0 saturated carbocycles. The van der Waals surface area contributed by atoms with Crippen LogP contribution in [0.15, 0.2) is 58.1 Å². The highest BCUT2D eigenvalue weighted by Gasteiger charge is 2.28. The van der Waals surface area contributed by atoms with Crippen molar-refractivity contribution in [3.63, 3.8) is 0 Å². The predicted octanol–water partition coefficient (Wildman–Crippen LogP) is 3.06. The fraction of sp³-hybridized carbons (Fsp3) is 0.111. The van der Waals surface area contributed by atoms with E-state index in [1.807, 2.05) is 6.07 Å². The van der Waals surface area contributed by atoms with Gasteiger partial charge in [-0.2, -0.15) is 5.26 Å². The van der Waals surface area contributed by atoms with Crippen LogP contribution in [0.25, 0.3) is 0 Å². The highest BCUT2D eigenvalue weighted by atomic mass is 79.9. The van der Waals surface area contributed by atoms with Gasteiger partial charge < -0.3 is 10.1 Å². The number of Topliss-reactive ketones (excluding diaryl/α,β-unsaturated/α-hetero) is 1. The lowest BCUT2D eigenvalue weighted by atomic mass is 10.1. The Morgan fingerprint density at radius 3 is 3.00 bits per heavy atom. The molecule has 1 unspecified atom stereocenters. The molecule has 1 aromatic carbocycles. The topological polar surface area (TPSA) is 87.4 Å². The number of hydrogen-bond donors (Lipinski definition) is 1. The van der Waals surface area contributed by atoms with Gasteiger partial charge in [0.2, 0.25) is 5.88 Å². The van der Waals surface area contributed by atoms with E-state index in [2.05, 4.69) is 31.2 Å². The minimum atomic E-state index is -0.699. The van der Waals surface area contributed by atoms with E-state index < -0.39 is 11.9 Å². The number of aliphatic imine (C=N–C) groups is 1. The Bertz CT molecular complexity index is 938. The Hall–Kier alpha value is -3.05. The second-order valence-corrected chi connectivity index (χ2v) is 6.17. The summed E-state index contributed by atoms with van der Waals surface area (Å²) >= 11 is 3.35. The average Bonchev–Trinajstić information content (AvgIpc) is 2.68. The molecule has 1 atom stereocenters. The van der Waals surface area contributed by atoms with Crippen LogP contribution in [-0.4, -0.2) is 23.1 Å². The summed E-state index contributed by atoms with van der Waals surface area (Å²) in [5.74, 6) is -0.483. The van der Waals surface area contributed by atoms with Crippen LogP contribution in [0.4, 0.5) is 4.39 Å². The molecule has 0 saturated heterocycles. The standard InChI is InChI=1S/C18H12BrFN4O2/c19-15-16(17(25)11-2-1-5-22-8-11)23-10-24-18(15)26-9-12-3-4-14(20)6-13(12)7-21/h1-6,8,10,16H,9H2,(H,23,24). The van der Waals surface area contributed by atoms with E-state index in [0.717, 1.165) is 6.07 Å². The van der Waals surface area contributed by atoms with Crippen LogP contribution in [-0.2, 0) is 11.3 Å². The number of ether oxygens (including phenoxy) is 1. The molecule has 0 spiro atoms. The van der Waals surface area contributed by atoms with Gasteiger partial charge in [-0.1, -0.05) is 6.07 Å². The van der Waals surface area contributed by atoms with Gasteiger partial charge in [-0.25, -0.2) is 9.38 Å². The Kier molecular flexibility index (Phi) is 5.39. The molecule has 0 aliphatic carbocycles. The number of carbonyl (C=O) groups excluding carboxylic acids is 1. The van der Waals surface area contributed by atoms with Crippen LogP contribution in [0, 0.1) is 17.1 Å². The lowest BCUT2D eigenvalue weighted by molar-refractivity contribution is 0.0964. The van der Waals surface area contributed by atoms with Crippen molar-refractivity contribution in [1.29, 1.82) is 5.26 Å². The summed E-state index contributed by atoms with van der Waals surface area (Å²) in [4.78, 5) is 20.6. The third-order valence-corrected chi connectivity index (χ3v) is 4.44. The molecule has 0 fully saturated rings. The molecule has 0 amide bonds. The first-order valence-corrected chi connectivity index (χ1v) is 8.33. The van der Waals surface area contributed by atoms with Crippen molar-refractivity contribution in [2.75, 3.05) is 0 Å². The number of ketones is 1. The average molecular weight is 415 g/mol. The van der Waals surface area contributed by atoms with Crippen LogP contribution in [0.3, 0.4) is 0 Å². The maximum atomic E-state index is 13.2. The number of hydrogen-bond acceptors (Lipinski definition) is 6. The third-order valence-electron chi connectivity index (χ3n) is 3.65. The molecular weight excluding hydrogens is 403 g/mol. The number of benzene rings is 1. The Morgan fingerprint density at radius 1 is 1.42 bits per heavy atom. The lowest BCUT2D eigenvalue weighted by Gasteiger charge is -2.21. The highest BCUT2D eigenvalue weighted by Crippen LogP contribution is 2.25. The molecule has 1 aliphatic rings. The van der Waals surface area contributed by atoms with Crippen molar-refractivity contribution >= 4 is 28.1 Å². The second kappa shape index (κ2) is 7.89. The Morgan fingerprint density at radius 2 is 2.27 bits per heavy atom. The zero-order valence-electron chi connectivity index (χ0n) is 13.3. The van der Waals surface area contributed by atoms with E-state index in [9.17, 15) is 9.18 Å². The number of pyridine rings is 1. The maximum Gasteiger partial charge on any atom is 0.228 e. The molecule has 130 valence electrons. The van der Waals surface area contributed by atoms with E-state index in [-0.39, 0.29) is 23.8 Å². The van der Waals surface area contributed by atoms with Gasteiger partial charge in [0.25, 0.3) is 0 Å². The van der Waals surface area contributed by atoms with Gasteiger partial charge in [0.05, 0.1) is 22.5 Å². The van der Waals surface area contributed by atoms with Crippen molar-refractivity contribution in [1.82, 2.24) is 10.3 Å². The van der Waals surface area contributed by atoms with Crippen molar-refractivity contribution in [2.24, 2.45) is 4.99 Å². The number of nitrogens with zero attached hydrogens (tertiary/aromatic N) is 3. The normalized spacial score (nSPS) is 16.0. The Balaban J connectivity index is 1.78. The Labute approximate surface area is 157 Å². The molecule has 2 aromatic rings. The first-order chi connectivity index (χ1) is 12.6. The van der Waals surface area contributed by atoms with Crippen molar-refractivity contribution < 1.29 is 13.9 Å². The van der Waals surface area contributed by atoms with Gasteiger partial charge in [0.1, 0.15) is 18.5 Å². The zero-order chi connectivity index (χ0) is 18.5. The van der Waals surface area contributed by atoms with Crippen molar-refractivity contribution in [3.05, 3.63) is 75.6 Å². The molecular formula is C18H12BrFN4O2. The third kappa shape index (κ3) is 3.78. The van der Waals surface area contributed by atoms with Gasteiger partial charge >= 0.3 is 0 Å².